The van der Waals surface area contributed by atoms with Crippen molar-refractivity contribution in [2.45, 2.75) is 11.5 Å². The fourth-order valence-corrected chi connectivity index (χ4v) is 3.87. The van der Waals surface area contributed by atoms with Gasteiger partial charge in [0.2, 0.25) is 0 Å². The van der Waals surface area contributed by atoms with Crippen LogP contribution in [0.5, 0.6) is 5.75 Å². The lowest BCUT2D eigenvalue weighted by atomic mass is 10.1. The van der Waals surface area contributed by atoms with Crippen molar-refractivity contribution in [2.75, 3.05) is 5.32 Å². The molecule has 0 unspecified atom stereocenters. The van der Waals surface area contributed by atoms with Crippen molar-refractivity contribution >= 4 is 41.0 Å². The first-order valence-electron chi connectivity index (χ1n) is 8.55. The maximum absolute atomic E-state index is 13.1. The molecule has 1 aliphatic rings. The number of rotatable bonds is 4. The van der Waals surface area contributed by atoms with Crippen LogP contribution in [0.15, 0.2) is 76.5 Å². The van der Waals surface area contributed by atoms with E-state index in [9.17, 15) is 9.18 Å². The van der Waals surface area contributed by atoms with E-state index in [0.717, 1.165) is 16.1 Å². The first kappa shape index (κ1) is 18.6. The second kappa shape index (κ2) is 8.09. The molecule has 0 atom stereocenters. The lowest BCUT2D eigenvalue weighted by Gasteiger charge is -2.18. The van der Waals surface area contributed by atoms with Crippen LogP contribution in [0.2, 0.25) is 5.02 Å². The lowest BCUT2D eigenvalue weighted by Crippen LogP contribution is -2.17. The fourth-order valence-electron chi connectivity index (χ4n) is 2.75. The van der Waals surface area contributed by atoms with Gasteiger partial charge in [0.05, 0.1) is 10.6 Å². The number of ether oxygens (including phenoxy) is 1. The van der Waals surface area contributed by atoms with Crippen molar-refractivity contribution in [1.82, 2.24) is 0 Å². The number of anilines is 1. The summed E-state index contributed by atoms with van der Waals surface area (Å²) in [5, 5.41) is 3.43. The molecule has 4 rings (SSSR count). The molecule has 0 bridgehead atoms. The zero-order valence-electron chi connectivity index (χ0n) is 14.6. The molecule has 1 N–H and O–H groups in total. The summed E-state index contributed by atoms with van der Waals surface area (Å²) >= 11 is 7.55. The third kappa shape index (κ3) is 4.21. The Hall–Kier alpha value is -2.76. The number of carbonyl (C=O) groups excluding carboxylic acids is 1. The van der Waals surface area contributed by atoms with E-state index in [1.807, 2.05) is 24.3 Å². The maximum Gasteiger partial charge on any atom is 0.262 e. The minimum Gasteiger partial charge on any atom is -0.488 e. The molecule has 0 aromatic heterocycles. The summed E-state index contributed by atoms with van der Waals surface area (Å²) < 4.78 is 19.0. The second-order valence-electron chi connectivity index (χ2n) is 6.16. The molecule has 1 heterocycles. The van der Waals surface area contributed by atoms with Crippen molar-refractivity contribution in [2.24, 2.45) is 0 Å². The number of thioether (sulfide) groups is 1. The Morgan fingerprint density at radius 1 is 1.07 bits per heavy atom. The van der Waals surface area contributed by atoms with Gasteiger partial charge in [0.1, 0.15) is 18.2 Å². The van der Waals surface area contributed by atoms with Crippen LogP contribution in [0.25, 0.3) is 6.08 Å². The summed E-state index contributed by atoms with van der Waals surface area (Å²) in [5.41, 5.74) is 2.34. The van der Waals surface area contributed by atoms with Crippen LogP contribution in [0, 0.1) is 5.82 Å². The Labute approximate surface area is 171 Å². The van der Waals surface area contributed by atoms with Gasteiger partial charge in [-0.25, -0.2) is 4.39 Å². The minimum absolute atomic E-state index is 0.173. The van der Waals surface area contributed by atoms with E-state index in [2.05, 4.69) is 5.32 Å². The van der Waals surface area contributed by atoms with Crippen LogP contribution < -0.4 is 10.1 Å². The smallest absolute Gasteiger partial charge is 0.262 e. The molecule has 140 valence electrons. The normalized spacial score (nSPS) is 14.5. The van der Waals surface area contributed by atoms with E-state index in [-0.39, 0.29) is 18.3 Å². The molecule has 3 nitrogen and oxygen atoms in total. The lowest BCUT2D eigenvalue weighted by molar-refractivity contribution is -0.112. The topological polar surface area (TPSA) is 38.3 Å². The largest absolute Gasteiger partial charge is 0.488 e. The number of carbonyl (C=O) groups is 1. The van der Waals surface area contributed by atoms with E-state index < -0.39 is 0 Å². The Kier molecular flexibility index (Phi) is 5.37. The van der Waals surface area contributed by atoms with Gasteiger partial charge < -0.3 is 10.1 Å². The van der Waals surface area contributed by atoms with Crippen molar-refractivity contribution < 1.29 is 13.9 Å². The fraction of sp³-hybridized carbons (Fsp3) is 0.0455. The van der Waals surface area contributed by atoms with Crippen molar-refractivity contribution in [3.8, 4) is 5.75 Å². The average molecular weight is 412 g/mol. The van der Waals surface area contributed by atoms with Crippen molar-refractivity contribution in [1.29, 1.82) is 0 Å². The highest BCUT2D eigenvalue weighted by Gasteiger charge is 2.21. The van der Waals surface area contributed by atoms with E-state index in [1.54, 1.807) is 36.4 Å². The number of nitrogens with one attached hydrogen (secondary N) is 1. The molecule has 1 amide bonds. The molecule has 0 saturated heterocycles. The highest BCUT2D eigenvalue weighted by atomic mass is 35.5. The van der Waals surface area contributed by atoms with Gasteiger partial charge in [-0.1, -0.05) is 47.6 Å². The van der Waals surface area contributed by atoms with Crippen LogP contribution >= 0.6 is 23.4 Å². The summed E-state index contributed by atoms with van der Waals surface area (Å²) in [6.45, 7) is 0.278. The second-order valence-corrected chi connectivity index (χ2v) is 7.68. The standard InChI is InChI=1S/C22H15ClFNO2S/c23-16-7-10-19(27-13-14-5-8-17(24)9-6-14)15(11-16)12-21-22(26)25-18-3-1-2-4-20(18)28-21/h1-12H,13H2,(H,25,26)/b21-12-. The van der Waals surface area contributed by atoms with Crippen molar-refractivity contribution in [3.63, 3.8) is 0 Å². The molecule has 28 heavy (non-hydrogen) atoms. The van der Waals surface area contributed by atoms with Gasteiger partial charge in [-0.15, -0.1) is 0 Å². The number of hydrogen-bond donors (Lipinski definition) is 1. The van der Waals surface area contributed by atoms with E-state index in [4.69, 9.17) is 16.3 Å². The molecule has 0 spiro atoms. The minimum atomic E-state index is -0.290. The van der Waals surface area contributed by atoms with Crippen LogP contribution in [-0.2, 0) is 11.4 Å². The van der Waals surface area contributed by atoms with E-state index >= 15 is 0 Å². The summed E-state index contributed by atoms with van der Waals surface area (Å²) in [6, 6.07) is 19.0. The maximum atomic E-state index is 13.1. The van der Waals surface area contributed by atoms with E-state index in [0.29, 0.717) is 21.2 Å². The predicted molar refractivity (Wildman–Crippen MR) is 111 cm³/mol. The molecular formula is C22H15ClFNO2S. The molecule has 0 aliphatic carbocycles. The summed E-state index contributed by atoms with van der Waals surface area (Å²) in [4.78, 5) is 14.0. The van der Waals surface area contributed by atoms with Gasteiger partial charge in [0.25, 0.3) is 5.91 Å². The zero-order chi connectivity index (χ0) is 19.5. The first-order chi connectivity index (χ1) is 13.6. The van der Waals surface area contributed by atoms with Gasteiger partial charge in [0.15, 0.2) is 0 Å². The number of amides is 1. The van der Waals surface area contributed by atoms with Crippen LogP contribution in [0.1, 0.15) is 11.1 Å². The monoisotopic (exact) mass is 411 g/mol. The molecular weight excluding hydrogens is 397 g/mol. The number of halogens is 2. The highest BCUT2D eigenvalue weighted by molar-refractivity contribution is 8.04. The van der Waals surface area contributed by atoms with Crippen LogP contribution in [-0.4, -0.2) is 5.91 Å². The van der Waals surface area contributed by atoms with Gasteiger partial charge in [-0.05, 0) is 54.1 Å². The molecule has 6 heteroatoms. The Balaban J connectivity index is 1.60. The Morgan fingerprint density at radius 3 is 2.68 bits per heavy atom. The summed E-state index contributed by atoms with van der Waals surface area (Å²) in [7, 11) is 0. The van der Waals surface area contributed by atoms with Crippen molar-refractivity contribution in [3.05, 3.63) is 93.6 Å². The molecule has 0 fully saturated rings. The SMILES string of the molecule is O=C1Nc2ccccc2S/C1=C\c1cc(Cl)ccc1OCc1ccc(F)cc1. The quantitative estimate of drug-likeness (QED) is 0.524. The van der Waals surface area contributed by atoms with Crippen LogP contribution in [0.3, 0.4) is 0 Å². The molecule has 3 aromatic rings. The molecule has 1 aliphatic heterocycles. The highest BCUT2D eigenvalue weighted by Crippen LogP contribution is 2.39. The third-order valence-corrected chi connectivity index (χ3v) is 5.48. The molecule has 0 saturated carbocycles. The average Bonchev–Trinajstić information content (AvgIpc) is 2.69. The van der Waals surface area contributed by atoms with E-state index in [1.165, 1.54) is 23.9 Å². The predicted octanol–water partition coefficient (Wildman–Crippen LogP) is 6.14. The van der Waals surface area contributed by atoms with Gasteiger partial charge in [-0.2, -0.15) is 0 Å². The first-order valence-corrected chi connectivity index (χ1v) is 9.75. The summed E-state index contributed by atoms with van der Waals surface area (Å²) in [5.74, 6) is 0.128. The van der Waals surface area contributed by atoms with Gasteiger partial charge >= 0.3 is 0 Å². The van der Waals surface area contributed by atoms with Gasteiger partial charge in [-0.3, -0.25) is 4.79 Å². The van der Waals surface area contributed by atoms with Gasteiger partial charge in [0, 0.05) is 15.5 Å². The van der Waals surface area contributed by atoms with Crippen LogP contribution in [0.4, 0.5) is 10.1 Å². The Bertz CT molecular complexity index is 1070. The number of hydrogen-bond acceptors (Lipinski definition) is 3. The number of para-hydroxylation sites is 1. The molecule has 3 aromatic carbocycles. The zero-order valence-corrected chi connectivity index (χ0v) is 16.2. The Morgan fingerprint density at radius 2 is 1.86 bits per heavy atom. The number of benzene rings is 3. The third-order valence-electron chi connectivity index (χ3n) is 4.14. The summed E-state index contributed by atoms with van der Waals surface area (Å²) in [6.07, 6.45) is 1.77. The number of fused-ring (bicyclic) bond motifs is 1. The molecule has 0 radical (unpaired) electrons.